The van der Waals surface area contributed by atoms with Crippen molar-refractivity contribution in [1.29, 1.82) is 0 Å². The Kier molecular flexibility index (Phi) is 4.40. The van der Waals surface area contributed by atoms with Gasteiger partial charge in [0.25, 0.3) is 16.1 Å². The van der Waals surface area contributed by atoms with Gasteiger partial charge in [0, 0.05) is 18.7 Å². The fraction of sp³-hybridized carbons (Fsp3) is 0.556. The molecule has 1 aromatic heterocycles. The minimum atomic E-state index is -3.89. The number of hydrogen-bond donors (Lipinski definition) is 2. The van der Waals surface area contributed by atoms with Crippen LogP contribution in [-0.4, -0.2) is 47.0 Å². The predicted molar refractivity (Wildman–Crippen MR) is 99.0 cm³/mol. The molecule has 1 aliphatic heterocycles. The molecular weight excluding hydrogens is 406 g/mol. The molecule has 0 unspecified atom stereocenters. The first-order valence-corrected chi connectivity index (χ1v) is 10.7. The molecule has 29 heavy (non-hydrogen) atoms. The normalized spacial score (nSPS) is 24.0. The molecule has 2 aromatic rings. The number of rotatable bonds is 4. The second-order valence-electron chi connectivity index (χ2n) is 8.25. The maximum absolute atomic E-state index is 14.7. The van der Waals surface area contributed by atoms with E-state index in [1.807, 2.05) is 0 Å². The largest absolute Gasteiger partial charge is 0.386 e. The third-order valence-corrected chi connectivity index (χ3v) is 7.09. The number of alkyl halides is 2. The maximum atomic E-state index is 14.7. The molecule has 4 rings (SSSR count). The van der Waals surface area contributed by atoms with E-state index >= 15 is 0 Å². The number of nitrogens with two attached hydrogens (primary N) is 1. The molecule has 0 amide bonds. The van der Waals surface area contributed by atoms with Crippen LogP contribution in [0.1, 0.15) is 44.1 Å². The van der Waals surface area contributed by atoms with Crippen molar-refractivity contribution in [2.45, 2.75) is 44.1 Å². The van der Waals surface area contributed by atoms with Gasteiger partial charge in [-0.1, -0.05) is 29.4 Å². The van der Waals surface area contributed by atoms with Gasteiger partial charge in [0.1, 0.15) is 5.92 Å². The first kappa shape index (κ1) is 20.3. The van der Waals surface area contributed by atoms with Gasteiger partial charge in [0.2, 0.25) is 11.7 Å². The van der Waals surface area contributed by atoms with Gasteiger partial charge in [-0.15, -0.1) is 0 Å². The first-order valence-electron chi connectivity index (χ1n) is 9.19. The lowest BCUT2D eigenvalue weighted by Gasteiger charge is -2.30. The van der Waals surface area contributed by atoms with E-state index in [0.29, 0.717) is 11.1 Å². The standard InChI is InChI=1S/C18H22F2N4O4S/c1-16(2,25)12-5-3-11(4-6-12)14-22-15(28-23-14)13-17(18(13,19)20)7-9-24(10-8-17)29(21,26)27/h3-6,13,25H,7-10H2,1-2H3,(H2,21,26,27)/t13-/m0/s1. The molecule has 1 atom stereocenters. The Hall–Kier alpha value is -1.95. The fourth-order valence-corrected chi connectivity index (χ4v) is 4.85. The topological polar surface area (TPSA) is 123 Å². The van der Waals surface area contributed by atoms with E-state index in [4.69, 9.17) is 9.66 Å². The van der Waals surface area contributed by atoms with E-state index in [1.165, 1.54) is 0 Å². The van der Waals surface area contributed by atoms with Gasteiger partial charge in [-0.05, 0) is 32.3 Å². The molecule has 0 bridgehead atoms. The van der Waals surface area contributed by atoms with E-state index in [2.05, 4.69) is 10.1 Å². The summed E-state index contributed by atoms with van der Waals surface area (Å²) in [5.74, 6) is -4.26. The molecule has 3 N–H and O–H groups in total. The van der Waals surface area contributed by atoms with Crippen LogP contribution in [0.2, 0.25) is 0 Å². The number of aromatic nitrogens is 2. The van der Waals surface area contributed by atoms with Crippen LogP contribution in [0.3, 0.4) is 0 Å². The SMILES string of the molecule is CC(C)(O)c1ccc(-c2noc([C@@H]3C(F)(F)C34CCN(S(N)(=O)=O)CC4)n2)cc1. The molecule has 158 valence electrons. The maximum Gasteiger partial charge on any atom is 0.276 e. The Bertz CT molecular complexity index is 1020. The lowest BCUT2D eigenvalue weighted by molar-refractivity contribution is 0.0406. The van der Waals surface area contributed by atoms with Crippen LogP contribution < -0.4 is 5.14 Å². The first-order chi connectivity index (χ1) is 13.4. The van der Waals surface area contributed by atoms with Crippen molar-refractivity contribution in [1.82, 2.24) is 14.4 Å². The van der Waals surface area contributed by atoms with Gasteiger partial charge in [-0.3, -0.25) is 0 Å². The highest BCUT2D eigenvalue weighted by atomic mass is 32.2. The molecule has 11 heteroatoms. The Morgan fingerprint density at radius 2 is 1.83 bits per heavy atom. The van der Waals surface area contributed by atoms with Crippen molar-refractivity contribution in [2.24, 2.45) is 10.6 Å². The molecule has 0 radical (unpaired) electrons. The summed E-state index contributed by atoms with van der Waals surface area (Å²) >= 11 is 0. The van der Waals surface area contributed by atoms with Gasteiger partial charge in [0.05, 0.1) is 11.0 Å². The van der Waals surface area contributed by atoms with E-state index in [-0.39, 0.29) is 37.6 Å². The van der Waals surface area contributed by atoms with E-state index in [1.54, 1.807) is 38.1 Å². The molecule has 8 nitrogen and oxygen atoms in total. The quantitative estimate of drug-likeness (QED) is 0.768. The zero-order chi connectivity index (χ0) is 21.2. The molecule has 1 saturated carbocycles. The lowest BCUT2D eigenvalue weighted by atomic mass is 9.91. The summed E-state index contributed by atoms with van der Waals surface area (Å²) in [6, 6.07) is 6.80. The number of nitrogens with zero attached hydrogens (tertiary/aromatic N) is 3. The minimum Gasteiger partial charge on any atom is -0.386 e. The van der Waals surface area contributed by atoms with Crippen molar-refractivity contribution in [3.63, 3.8) is 0 Å². The monoisotopic (exact) mass is 428 g/mol. The predicted octanol–water partition coefficient (Wildman–Crippen LogP) is 1.98. The summed E-state index contributed by atoms with van der Waals surface area (Å²) in [6.45, 7) is 3.18. The Morgan fingerprint density at radius 1 is 1.24 bits per heavy atom. The van der Waals surface area contributed by atoms with Gasteiger partial charge >= 0.3 is 0 Å². The number of halogens is 2. The minimum absolute atomic E-state index is 0.0287. The summed E-state index contributed by atoms with van der Waals surface area (Å²) in [6.07, 6.45) is -0.0574. The van der Waals surface area contributed by atoms with Crippen molar-refractivity contribution in [2.75, 3.05) is 13.1 Å². The molecule has 1 aromatic carbocycles. The number of piperidine rings is 1. The molecule has 2 aliphatic rings. The average molecular weight is 428 g/mol. The molecule has 1 aliphatic carbocycles. The summed E-state index contributed by atoms with van der Waals surface area (Å²) < 4.78 is 58.4. The third kappa shape index (κ3) is 3.25. The summed E-state index contributed by atoms with van der Waals surface area (Å²) in [4.78, 5) is 4.17. The zero-order valence-corrected chi connectivity index (χ0v) is 16.8. The second kappa shape index (κ2) is 6.27. The van der Waals surface area contributed by atoms with Gasteiger partial charge in [0.15, 0.2) is 0 Å². The van der Waals surface area contributed by atoms with Gasteiger partial charge in [-0.2, -0.15) is 17.7 Å². The number of hydrogen-bond acceptors (Lipinski definition) is 6. The fourth-order valence-electron chi connectivity index (χ4n) is 4.16. The lowest BCUT2D eigenvalue weighted by Crippen LogP contribution is -2.43. The summed E-state index contributed by atoms with van der Waals surface area (Å²) in [7, 11) is -3.89. The van der Waals surface area contributed by atoms with Crippen LogP contribution in [0.15, 0.2) is 28.8 Å². The highest BCUT2D eigenvalue weighted by Gasteiger charge is 2.82. The molecule has 1 spiro atoms. The van der Waals surface area contributed by atoms with Gasteiger partial charge in [-0.25, -0.2) is 13.9 Å². The van der Waals surface area contributed by atoms with E-state index in [9.17, 15) is 22.3 Å². The average Bonchev–Trinajstić information content (AvgIpc) is 2.96. The van der Waals surface area contributed by atoms with E-state index < -0.39 is 33.1 Å². The van der Waals surface area contributed by atoms with Crippen LogP contribution in [-0.2, 0) is 15.8 Å². The van der Waals surface area contributed by atoms with E-state index in [0.717, 1.165) is 4.31 Å². The zero-order valence-electron chi connectivity index (χ0n) is 16.0. The molecule has 2 heterocycles. The van der Waals surface area contributed by atoms with Crippen LogP contribution in [0.25, 0.3) is 11.4 Å². The molecular formula is C18H22F2N4O4S. The Labute approximate surface area is 166 Å². The number of aliphatic hydroxyl groups is 1. The van der Waals surface area contributed by atoms with Crippen molar-refractivity contribution in [3.05, 3.63) is 35.7 Å². The van der Waals surface area contributed by atoms with Crippen LogP contribution in [0.4, 0.5) is 8.78 Å². The van der Waals surface area contributed by atoms with Crippen molar-refractivity contribution >= 4 is 10.2 Å². The van der Waals surface area contributed by atoms with Crippen LogP contribution in [0.5, 0.6) is 0 Å². The second-order valence-corrected chi connectivity index (χ2v) is 9.80. The van der Waals surface area contributed by atoms with Gasteiger partial charge < -0.3 is 9.63 Å². The summed E-state index contributed by atoms with van der Waals surface area (Å²) in [5.41, 5.74) is -1.12. The van der Waals surface area contributed by atoms with Crippen LogP contribution >= 0.6 is 0 Å². The highest BCUT2D eigenvalue weighted by molar-refractivity contribution is 7.86. The highest BCUT2D eigenvalue weighted by Crippen LogP contribution is 2.75. The summed E-state index contributed by atoms with van der Waals surface area (Å²) in [5, 5.41) is 18.9. The smallest absolute Gasteiger partial charge is 0.276 e. The number of benzene rings is 1. The molecule has 1 saturated heterocycles. The molecule has 2 fully saturated rings. The van der Waals surface area contributed by atoms with Crippen LogP contribution in [0, 0.1) is 5.41 Å². The van der Waals surface area contributed by atoms with Crippen molar-refractivity contribution < 1.29 is 26.8 Å². The Balaban J connectivity index is 1.54. The Morgan fingerprint density at radius 3 is 2.34 bits per heavy atom. The van der Waals surface area contributed by atoms with Crippen molar-refractivity contribution in [3.8, 4) is 11.4 Å². The third-order valence-electron chi connectivity index (χ3n) is 6.01.